The smallest absolute Gasteiger partial charge is 0.260 e. The van der Waals surface area contributed by atoms with E-state index < -0.39 is 0 Å². The molecule has 7 nitrogen and oxygen atoms in total. The molecule has 116 valence electrons. The third-order valence-corrected chi connectivity index (χ3v) is 3.07. The van der Waals surface area contributed by atoms with Crippen LogP contribution >= 0.6 is 0 Å². The first-order chi connectivity index (χ1) is 10.6. The molecule has 22 heavy (non-hydrogen) atoms. The number of aryl methyl sites for hydroxylation is 1. The summed E-state index contributed by atoms with van der Waals surface area (Å²) in [4.78, 5) is 15.9. The van der Waals surface area contributed by atoms with E-state index >= 15 is 0 Å². The lowest BCUT2D eigenvalue weighted by Gasteiger charge is -2.07. The van der Waals surface area contributed by atoms with E-state index in [0.717, 1.165) is 5.82 Å². The van der Waals surface area contributed by atoms with Crippen LogP contribution in [0.5, 0.6) is 11.5 Å². The second kappa shape index (κ2) is 7.26. The first-order valence-corrected chi connectivity index (χ1v) is 6.65. The summed E-state index contributed by atoms with van der Waals surface area (Å²) in [5.74, 6) is 1.86. The van der Waals surface area contributed by atoms with Crippen molar-refractivity contribution in [2.75, 3.05) is 14.2 Å². The molecule has 7 heteroatoms. The van der Waals surface area contributed by atoms with Crippen LogP contribution in [-0.4, -0.2) is 35.9 Å². The Morgan fingerprint density at radius 2 is 2.23 bits per heavy atom. The number of imidazole rings is 1. The summed E-state index contributed by atoms with van der Waals surface area (Å²) in [6.45, 7) is 2.00. The van der Waals surface area contributed by atoms with Crippen LogP contribution < -0.4 is 14.9 Å². The molecule has 2 rings (SSSR count). The predicted octanol–water partition coefficient (Wildman–Crippen LogP) is 1.36. The van der Waals surface area contributed by atoms with Crippen molar-refractivity contribution < 1.29 is 14.3 Å². The van der Waals surface area contributed by atoms with Crippen molar-refractivity contribution in [3.05, 3.63) is 42.0 Å². The van der Waals surface area contributed by atoms with Gasteiger partial charge in [-0.1, -0.05) is 0 Å². The van der Waals surface area contributed by atoms with Crippen molar-refractivity contribution >= 4 is 12.1 Å². The lowest BCUT2D eigenvalue weighted by atomic mass is 10.2. The van der Waals surface area contributed by atoms with Gasteiger partial charge in [0.1, 0.15) is 23.9 Å². The van der Waals surface area contributed by atoms with E-state index in [-0.39, 0.29) is 12.5 Å². The van der Waals surface area contributed by atoms with Crippen LogP contribution in [0.3, 0.4) is 0 Å². The molecule has 0 radical (unpaired) electrons. The van der Waals surface area contributed by atoms with Gasteiger partial charge in [0.25, 0.3) is 5.91 Å². The Labute approximate surface area is 128 Å². The summed E-state index contributed by atoms with van der Waals surface area (Å²) in [5, 5.41) is 3.94. The first-order valence-electron chi connectivity index (χ1n) is 6.65. The average molecular weight is 302 g/mol. The highest BCUT2D eigenvalue weighted by Crippen LogP contribution is 2.22. The Bertz CT molecular complexity index is 679. The summed E-state index contributed by atoms with van der Waals surface area (Å²) in [5.41, 5.74) is 3.18. The van der Waals surface area contributed by atoms with Gasteiger partial charge in [0.15, 0.2) is 0 Å². The van der Waals surface area contributed by atoms with Crippen molar-refractivity contribution in [2.24, 2.45) is 5.10 Å². The van der Waals surface area contributed by atoms with Gasteiger partial charge in [-0.25, -0.2) is 10.4 Å². The summed E-state index contributed by atoms with van der Waals surface area (Å²) in [7, 11) is 3.15. The number of carbonyl (C=O) groups is 1. The van der Waals surface area contributed by atoms with E-state index in [1.807, 2.05) is 6.92 Å². The SMILES string of the molecule is COc1ccc(OC)c(/C=N\NC(=O)Cn2ccnc2C)c1. The molecular weight excluding hydrogens is 284 g/mol. The van der Waals surface area contributed by atoms with E-state index in [2.05, 4.69) is 15.5 Å². The van der Waals surface area contributed by atoms with Crippen LogP contribution in [0.4, 0.5) is 0 Å². The minimum absolute atomic E-state index is 0.165. The van der Waals surface area contributed by atoms with Gasteiger partial charge in [-0.3, -0.25) is 4.79 Å². The van der Waals surface area contributed by atoms with Gasteiger partial charge in [0.05, 0.1) is 20.4 Å². The Morgan fingerprint density at radius 3 is 2.86 bits per heavy atom. The van der Waals surface area contributed by atoms with Crippen LogP contribution in [0.15, 0.2) is 35.7 Å². The van der Waals surface area contributed by atoms with Crippen molar-refractivity contribution in [1.82, 2.24) is 15.0 Å². The quantitative estimate of drug-likeness (QED) is 0.645. The number of nitrogens with zero attached hydrogens (tertiary/aromatic N) is 3. The maximum Gasteiger partial charge on any atom is 0.260 e. The van der Waals surface area contributed by atoms with Crippen molar-refractivity contribution in [3.63, 3.8) is 0 Å². The fourth-order valence-electron chi connectivity index (χ4n) is 1.88. The zero-order chi connectivity index (χ0) is 15.9. The van der Waals surface area contributed by atoms with Crippen LogP contribution in [0.1, 0.15) is 11.4 Å². The number of benzene rings is 1. The van der Waals surface area contributed by atoms with E-state index in [0.29, 0.717) is 17.1 Å². The van der Waals surface area contributed by atoms with Gasteiger partial charge in [0, 0.05) is 18.0 Å². The number of hydrazone groups is 1. The van der Waals surface area contributed by atoms with Crippen LogP contribution in [0, 0.1) is 6.92 Å². The van der Waals surface area contributed by atoms with Crippen LogP contribution in [0.2, 0.25) is 0 Å². The maximum atomic E-state index is 11.8. The van der Waals surface area contributed by atoms with E-state index in [9.17, 15) is 4.79 Å². The maximum absolute atomic E-state index is 11.8. The number of amides is 1. The molecule has 0 saturated carbocycles. The second-order valence-electron chi connectivity index (χ2n) is 4.50. The summed E-state index contributed by atoms with van der Waals surface area (Å²) in [6.07, 6.45) is 4.90. The minimum atomic E-state index is -0.237. The Balaban J connectivity index is 2.00. The molecule has 0 aliphatic carbocycles. The van der Waals surface area contributed by atoms with E-state index in [1.54, 1.807) is 49.4 Å². The monoisotopic (exact) mass is 302 g/mol. The van der Waals surface area contributed by atoms with Crippen LogP contribution in [0.25, 0.3) is 0 Å². The van der Waals surface area contributed by atoms with Gasteiger partial charge in [-0.2, -0.15) is 5.10 Å². The lowest BCUT2D eigenvalue weighted by Crippen LogP contribution is -2.23. The number of hydrogen-bond donors (Lipinski definition) is 1. The number of ether oxygens (including phenoxy) is 2. The molecule has 1 amide bonds. The van der Waals surface area contributed by atoms with E-state index in [1.165, 1.54) is 6.21 Å². The number of aromatic nitrogens is 2. The number of carbonyl (C=O) groups excluding carboxylic acids is 1. The highest BCUT2D eigenvalue weighted by Gasteiger charge is 2.05. The van der Waals surface area contributed by atoms with Crippen molar-refractivity contribution in [2.45, 2.75) is 13.5 Å². The fourth-order valence-corrected chi connectivity index (χ4v) is 1.88. The summed E-state index contributed by atoms with van der Waals surface area (Å²) in [6, 6.07) is 5.34. The minimum Gasteiger partial charge on any atom is -0.497 e. The molecule has 0 spiro atoms. The number of hydrogen-bond acceptors (Lipinski definition) is 5. The third kappa shape index (κ3) is 3.85. The highest BCUT2D eigenvalue weighted by molar-refractivity contribution is 5.85. The highest BCUT2D eigenvalue weighted by atomic mass is 16.5. The molecule has 0 aliphatic rings. The summed E-state index contributed by atoms with van der Waals surface area (Å²) < 4.78 is 12.1. The number of rotatable bonds is 6. The molecule has 0 fully saturated rings. The molecule has 0 atom stereocenters. The van der Waals surface area contributed by atoms with Crippen molar-refractivity contribution in [1.29, 1.82) is 0 Å². The normalized spacial score (nSPS) is 10.7. The molecule has 0 aliphatic heterocycles. The standard InChI is InChI=1S/C15H18N4O3/c1-11-16-6-7-19(11)10-15(20)18-17-9-12-8-13(21-2)4-5-14(12)22-3/h4-9H,10H2,1-3H3,(H,18,20)/b17-9-. The van der Waals surface area contributed by atoms with Crippen molar-refractivity contribution in [3.8, 4) is 11.5 Å². The molecule has 1 heterocycles. The number of nitrogens with one attached hydrogen (secondary N) is 1. The molecule has 0 bridgehead atoms. The third-order valence-electron chi connectivity index (χ3n) is 3.07. The largest absolute Gasteiger partial charge is 0.497 e. The van der Waals surface area contributed by atoms with Crippen LogP contribution in [-0.2, 0) is 11.3 Å². The molecule has 0 saturated heterocycles. The molecule has 1 N–H and O–H groups in total. The van der Waals surface area contributed by atoms with Gasteiger partial charge in [0.2, 0.25) is 0 Å². The molecule has 1 aromatic heterocycles. The summed E-state index contributed by atoms with van der Waals surface area (Å²) >= 11 is 0. The van der Waals surface area contributed by atoms with Gasteiger partial charge in [-0.15, -0.1) is 0 Å². The molecule has 2 aromatic rings. The second-order valence-corrected chi connectivity index (χ2v) is 4.50. The zero-order valence-corrected chi connectivity index (χ0v) is 12.7. The molecule has 1 aromatic carbocycles. The number of methoxy groups -OCH3 is 2. The van der Waals surface area contributed by atoms with Gasteiger partial charge in [-0.05, 0) is 25.1 Å². The van der Waals surface area contributed by atoms with Gasteiger partial charge < -0.3 is 14.0 Å². The lowest BCUT2D eigenvalue weighted by molar-refractivity contribution is -0.121. The topological polar surface area (TPSA) is 77.7 Å². The zero-order valence-electron chi connectivity index (χ0n) is 12.7. The van der Waals surface area contributed by atoms with Gasteiger partial charge >= 0.3 is 0 Å². The molecular formula is C15H18N4O3. The van der Waals surface area contributed by atoms with E-state index in [4.69, 9.17) is 9.47 Å². The Kier molecular flexibility index (Phi) is 5.13. The average Bonchev–Trinajstić information content (AvgIpc) is 2.92. The molecule has 0 unspecified atom stereocenters. The Morgan fingerprint density at radius 1 is 1.41 bits per heavy atom. The first kappa shape index (κ1) is 15.6. The predicted molar refractivity (Wildman–Crippen MR) is 82.2 cm³/mol. The Hall–Kier alpha value is -2.83. The fraction of sp³-hybridized carbons (Fsp3) is 0.267.